The van der Waals surface area contributed by atoms with Crippen LogP contribution in [0.15, 0.2) is 51.9 Å². The van der Waals surface area contributed by atoms with Crippen molar-refractivity contribution in [1.29, 1.82) is 0 Å². The highest BCUT2D eigenvalue weighted by molar-refractivity contribution is 7.15. The first-order chi connectivity index (χ1) is 12.6. The van der Waals surface area contributed by atoms with E-state index in [1.807, 2.05) is 24.3 Å². The predicted octanol–water partition coefficient (Wildman–Crippen LogP) is 2.99. The monoisotopic (exact) mass is 367 g/mol. The van der Waals surface area contributed by atoms with E-state index in [-0.39, 0.29) is 5.56 Å². The average Bonchev–Trinajstić information content (AvgIpc) is 3.34. The molecular formula is C19H17N3O3S. The van der Waals surface area contributed by atoms with Crippen LogP contribution in [0.5, 0.6) is 5.75 Å². The van der Waals surface area contributed by atoms with Gasteiger partial charge in [0.15, 0.2) is 5.82 Å². The van der Waals surface area contributed by atoms with Crippen molar-refractivity contribution < 1.29 is 9.15 Å². The van der Waals surface area contributed by atoms with Gasteiger partial charge in [0.2, 0.25) is 4.96 Å². The first-order valence-electron chi connectivity index (χ1n) is 8.28. The van der Waals surface area contributed by atoms with Crippen molar-refractivity contribution in [2.75, 3.05) is 6.61 Å². The first kappa shape index (κ1) is 16.5. The van der Waals surface area contributed by atoms with Gasteiger partial charge in [-0.15, -0.1) is 5.10 Å². The van der Waals surface area contributed by atoms with Gasteiger partial charge in [-0.05, 0) is 42.3 Å². The van der Waals surface area contributed by atoms with Crippen molar-refractivity contribution in [1.82, 2.24) is 14.6 Å². The summed E-state index contributed by atoms with van der Waals surface area (Å²) < 4.78 is 12.8. The van der Waals surface area contributed by atoms with Crippen molar-refractivity contribution in [3.05, 3.63) is 63.3 Å². The Labute approximate surface area is 153 Å². The fourth-order valence-electron chi connectivity index (χ4n) is 2.42. The van der Waals surface area contributed by atoms with E-state index in [0.29, 0.717) is 33.6 Å². The lowest BCUT2D eigenvalue weighted by molar-refractivity contribution is 0.271. The number of fused-ring (bicyclic) bond motifs is 1. The summed E-state index contributed by atoms with van der Waals surface area (Å²) in [5, 5.41) is 4.35. The van der Waals surface area contributed by atoms with Crippen LogP contribution in [-0.4, -0.2) is 21.2 Å². The van der Waals surface area contributed by atoms with Crippen LogP contribution in [0.2, 0.25) is 0 Å². The first-order valence-corrected chi connectivity index (χ1v) is 9.10. The van der Waals surface area contributed by atoms with Gasteiger partial charge in [-0.1, -0.05) is 25.2 Å². The van der Waals surface area contributed by atoms with Crippen LogP contribution in [0, 0.1) is 5.92 Å². The van der Waals surface area contributed by atoms with Crippen LogP contribution in [-0.2, 0) is 0 Å². The second kappa shape index (κ2) is 6.76. The molecule has 6 nitrogen and oxygen atoms in total. The smallest absolute Gasteiger partial charge is 0.291 e. The minimum Gasteiger partial charge on any atom is -0.493 e. The molecule has 0 aliphatic rings. The fourth-order valence-corrected chi connectivity index (χ4v) is 3.31. The number of benzene rings is 1. The van der Waals surface area contributed by atoms with E-state index in [1.165, 1.54) is 15.9 Å². The Morgan fingerprint density at radius 1 is 1.27 bits per heavy atom. The van der Waals surface area contributed by atoms with E-state index in [1.54, 1.807) is 24.5 Å². The third kappa shape index (κ3) is 3.25. The highest BCUT2D eigenvalue weighted by Gasteiger charge is 2.12. The molecular weight excluding hydrogens is 350 g/mol. The van der Waals surface area contributed by atoms with Gasteiger partial charge in [-0.3, -0.25) is 4.79 Å². The number of rotatable bonds is 5. The largest absolute Gasteiger partial charge is 0.493 e. The number of hydrogen-bond donors (Lipinski definition) is 0. The summed E-state index contributed by atoms with van der Waals surface area (Å²) in [4.78, 5) is 17.5. The summed E-state index contributed by atoms with van der Waals surface area (Å²) in [6.45, 7) is 4.88. The molecule has 0 radical (unpaired) electrons. The fraction of sp³-hybridized carbons (Fsp3) is 0.211. The summed E-state index contributed by atoms with van der Waals surface area (Å²) in [6, 6.07) is 11.1. The molecule has 3 heterocycles. The molecule has 0 atom stereocenters. The molecule has 0 spiro atoms. The second-order valence-electron chi connectivity index (χ2n) is 6.29. The molecule has 0 aliphatic heterocycles. The number of ether oxygens (including phenoxy) is 1. The van der Waals surface area contributed by atoms with Crippen LogP contribution >= 0.6 is 11.3 Å². The van der Waals surface area contributed by atoms with Crippen molar-refractivity contribution in [3.63, 3.8) is 0 Å². The van der Waals surface area contributed by atoms with Crippen LogP contribution in [0.3, 0.4) is 0 Å². The normalized spacial score (nSPS) is 12.3. The summed E-state index contributed by atoms with van der Waals surface area (Å²) in [5.41, 5.74) is 0.644. The van der Waals surface area contributed by atoms with E-state index >= 15 is 0 Å². The number of nitrogens with zero attached hydrogens (tertiary/aromatic N) is 3. The van der Waals surface area contributed by atoms with Gasteiger partial charge in [-0.25, -0.2) is 0 Å². The van der Waals surface area contributed by atoms with Gasteiger partial charge in [0.1, 0.15) is 16.0 Å². The zero-order valence-corrected chi connectivity index (χ0v) is 15.2. The minimum absolute atomic E-state index is 0.197. The molecule has 0 amide bonds. The van der Waals surface area contributed by atoms with Crippen molar-refractivity contribution in [3.8, 4) is 17.1 Å². The Morgan fingerprint density at radius 3 is 2.73 bits per heavy atom. The predicted molar refractivity (Wildman–Crippen MR) is 100 cm³/mol. The minimum atomic E-state index is -0.197. The molecule has 0 aliphatic carbocycles. The van der Waals surface area contributed by atoms with Gasteiger partial charge >= 0.3 is 0 Å². The maximum absolute atomic E-state index is 12.5. The Kier molecular flexibility index (Phi) is 4.30. The van der Waals surface area contributed by atoms with Gasteiger partial charge in [0.25, 0.3) is 5.56 Å². The Balaban J connectivity index is 1.63. The van der Waals surface area contributed by atoms with Gasteiger partial charge in [0.05, 0.1) is 12.9 Å². The molecule has 132 valence electrons. The van der Waals surface area contributed by atoms with E-state index in [2.05, 4.69) is 23.9 Å². The number of aromatic nitrogens is 3. The van der Waals surface area contributed by atoms with E-state index < -0.39 is 0 Å². The molecule has 0 saturated heterocycles. The molecule has 3 aromatic heterocycles. The highest BCUT2D eigenvalue weighted by atomic mass is 32.1. The van der Waals surface area contributed by atoms with Crippen molar-refractivity contribution in [2.24, 2.45) is 5.92 Å². The van der Waals surface area contributed by atoms with Gasteiger partial charge in [-0.2, -0.15) is 9.50 Å². The van der Waals surface area contributed by atoms with E-state index in [4.69, 9.17) is 9.15 Å². The molecule has 7 heteroatoms. The Hall–Kier alpha value is -2.93. The van der Waals surface area contributed by atoms with Crippen LogP contribution in [0.25, 0.3) is 22.4 Å². The van der Waals surface area contributed by atoms with E-state index in [0.717, 1.165) is 11.3 Å². The van der Waals surface area contributed by atoms with Gasteiger partial charge < -0.3 is 9.15 Å². The van der Waals surface area contributed by atoms with Gasteiger partial charge in [0, 0.05) is 11.6 Å². The number of hydrogen-bond acceptors (Lipinski definition) is 6. The van der Waals surface area contributed by atoms with Crippen LogP contribution < -0.4 is 14.8 Å². The maximum Gasteiger partial charge on any atom is 0.291 e. The highest BCUT2D eigenvalue weighted by Crippen LogP contribution is 2.20. The standard InChI is InChI=1S/C19H17N3O3S/c1-12(2)11-25-14-7-5-13(6-8-14)17-20-19-22(21-17)18(23)16(26-19)10-15-4-3-9-24-15/h3-10,12H,11H2,1-2H3/b16-10-. The SMILES string of the molecule is CC(C)COc1ccc(-c2nc3s/c(=C\c4ccco4)c(=O)n3n2)cc1. The number of thiazole rings is 1. The molecule has 0 N–H and O–H groups in total. The third-order valence-corrected chi connectivity index (χ3v) is 4.65. The lowest BCUT2D eigenvalue weighted by atomic mass is 10.2. The third-order valence-electron chi connectivity index (χ3n) is 3.69. The zero-order valence-electron chi connectivity index (χ0n) is 14.4. The topological polar surface area (TPSA) is 69.6 Å². The lowest BCUT2D eigenvalue weighted by Gasteiger charge is -2.08. The molecule has 0 bridgehead atoms. The molecule has 0 fully saturated rings. The maximum atomic E-state index is 12.5. The molecule has 26 heavy (non-hydrogen) atoms. The second-order valence-corrected chi connectivity index (χ2v) is 7.30. The summed E-state index contributed by atoms with van der Waals surface area (Å²) in [7, 11) is 0. The quantitative estimate of drug-likeness (QED) is 0.542. The average molecular weight is 367 g/mol. The molecule has 4 rings (SSSR count). The summed E-state index contributed by atoms with van der Waals surface area (Å²) >= 11 is 1.29. The number of furan rings is 1. The summed E-state index contributed by atoms with van der Waals surface area (Å²) in [5.74, 6) is 2.43. The molecule has 1 aromatic carbocycles. The van der Waals surface area contributed by atoms with E-state index in [9.17, 15) is 4.79 Å². The van der Waals surface area contributed by atoms with Crippen molar-refractivity contribution in [2.45, 2.75) is 13.8 Å². The lowest BCUT2D eigenvalue weighted by Crippen LogP contribution is -2.23. The summed E-state index contributed by atoms with van der Waals surface area (Å²) in [6.07, 6.45) is 3.27. The Bertz CT molecular complexity index is 1130. The van der Waals surface area contributed by atoms with Crippen LogP contribution in [0.1, 0.15) is 19.6 Å². The van der Waals surface area contributed by atoms with Crippen molar-refractivity contribution >= 4 is 22.4 Å². The van der Waals surface area contributed by atoms with Crippen LogP contribution in [0.4, 0.5) is 0 Å². The zero-order chi connectivity index (χ0) is 18.1. The molecule has 0 saturated carbocycles. The Morgan fingerprint density at radius 2 is 2.08 bits per heavy atom. The molecule has 4 aromatic rings. The molecule has 0 unspecified atom stereocenters.